The predicted octanol–water partition coefficient (Wildman–Crippen LogP) is 4.13. The summed E-state index contributed by atoms with van der Waals surface area (Å²) in [6.07, 6.45) is 0.567. The molecule has 3 aromatic rings. The largest absolute Gasteiger partial charge is 0.494 e. The van der Waals surface area contributed by atoms with Gasteiger partial charge < -0.3 is 15.4 Å². The Balaban J connectivity index is 1.39. The van der Waals surface area contributed by atoms with E-state index < -0.39 is 10.0 Å². The third-order valence-corrected chi connectivity index (χ3v) is 7.19. The van der Waals surface area contributed by atoms with Crippen molar-refractivity contribution >= 4 is 38.9 Å². The highest BCUT2D eigenvalue weighted by atomic mass is 32.2. The highest BCUT2D eigenvalue weighted by Crippen LogP contribution is 2.25. The number of amides is 2. The molecule has 34 heavy (non-hydrogen) atoms. The van der Waals surface area contributed by atoms with Crippen molar-refractivity contribution in [1.29, 1.82) is 0 Å². The molecule has 1 heterocycles. The number of ether oxygens (including phenoxy) is 1. The van der Waals surface area contributed by atoms with Gasteiger partial charge in [-0.15, -0.1) is 0 Å². The molecule has 0 aliphatic carbocycles. The zero-order valence-corrected chi connectivity index (χ0v) is 19.5. The second kappa shape index (κ2) is 9.96. The molecule has 1 fully saturated rings. The van der Waals surface area contributed by atoms with E-state index in [1.165, 1.54) is 4.31 Å². The number of sulfonamides is 1. The van der Waals surface area contributed by atoms with Crippen molar-refractivity contribution in [2.24, 2.45) is 0 Å². The summed E-state index contributed by atoms with van der Waals surface area (Å²) in [7, 11) is -3.32. The van der Waals surface area contributed by atoms with Crippen molar-refractivity contribution in [3.05, 3.63) is 83.9 Å². The highest BCUT2D eigenvalue weighted by Gasteiger charge is 2.28. The molecule has 0 spiro atoms. The Labute approximate surface area is 198 Å². The van der Waals surface area contributed by atoms with E-state index in [1.807, 2.05) is 6.92 Å². The topological polar surface area (TPSA) is 105 Å². The summed E-state index contributed by atoms with van der Waals surface area (Å²) in [6.45, 7) is 2.88. The molecule has 1 aliphatic heterocycles. The van der Waals surface area contributed by atoms with E-state index >= 15 is 0 Å². The lowest BCUT2D eigenvalue weighted by atomic mass is 10.1. The molecule has 8 nitrogen and oxygen atoms in total. The smallest absolute Gasteiger partial charge is 0.255 e. The third kappa shape index (κ3) is 5.37. The maximum Gasteiger partial charge on any atom is 0.255 e. The maximum absolute atomic E-state index is 12.7. The Morgan fingerprint density at radius 3 is 2.09 bits per heavy atom. The van der Waals surface area contributed by atoms with Crippen molar-refractivity contribution in [1.82, 2.24) is 0 Å². The van der Waals surface area contributed by atoms with Crippen LogP contribution in [-0.4, -0.2) is 39.1 Å². The molecule has 176 valence electrons. The van der Waals surface area contributed by atoms with Gasteiger partial charge in [0.1, 0.15) is 5.75 Å². The Hall–Kier alpha value is -3.85. The fourth-order valence-corrected chi connectivity index (χ4v) is 5.20. The number of nitrogens with one attached hydrogen (secondary N) is 2. The number of benzene rings is 3. The van der Waals surface area contributed by atoms with Crippen molar-refractivity contribution in [2.75, 3.05) is 33.8 Å². The zero-order valence-electron chi connectivity index (χ0n) is 18.7. The van der Waals surface area contributed by atoms with Crippen LogP contribution >= 0.6 is 0 Å². The van der Waals surface area contributed by atoms with Gasteiger partial charge in [0.25, 0.3) is 11.8 Å². The first-order valence-electron chi connectivity index (χ1n) is 10.9. The lowest BCUT2D eigenvalue weighted by Crippen LogP contribution is -2.25. The van der Waals surface area contributed by atoms with Gasteiger partial charge in [-0.2, -0.15) is 0 Å². The SMILES string of the molecule is CCOc1ccc(NC(=O)c2ccc(NC(=O)c3cccc(N4CCCS4(=O)=O)c3)cc2)cc1. The Kier molecular flexibility index (Phi) is 6.83. The normalized spacial score (nSPS) is 14.4. The molecule has 0 saturated carbocycles. The zero-order chi connectivity index (χ0) is 24.1. The van der Waals surface area contributed by atoms with Crippen LogP contribution in [0.3, 0.4) is 0 Å². The Morgan fingerprint density at radius 2 is 1.50 bits per heavy atom. The first kappa shape index (κ1) is 23.3. The predicted molar refractivity (Wildman–Crippen MR) is 132 cm³/mol. The van der Waals surface area contributed by atoms with Crippen molar-refractivity contribution < 1.29 is 22.7 Å². The molecule has 2 amide bonds. The van der Waals surface area contributed by atoms with Crippen molar-refractivity contribution in [3.8, 4) is 5.75 Å². The second-order valence-corrected chi connectivity index (χ2v) is 9.75. The fraction of sp³-hybridized carbons (Fsp3) is 0.200. The molecule has 9 heteroatoms. The average molecular weight is 480 g/mol. The van der Waals surface area contributed by atoms with Gasteiger partial charge in [-0.3, -0.25) is 13.9 Å². The number of nitrogens with zero attached hydrogens (tertiary/aromatic N) is 1. The molecule has 1 aliphatic rings. The molecule has 0 atom stereocenters. The van der Waals surface area contributed by atoms with Crippen molar-refractivity contribution in [2.45, 2.75) is 13.3 Å². The van der Waals surface area contributed by atoms with Gasteiger partial charge >= 0.3 is 0 Å². The standard InChI is InChI=1S/C25H25N3O5S/c1-2-33-23-13-11-21(12-14-23)26-24(29)18-7-9-20(10-8-18)27-25(30)19-5-3-6-22(17-19)28-15-4-16-34(28,31)32/h3,5-14,17H,2,4,15-16H2,1H3,(H,26,29)(H,27,30). The first-order chi connectivity index (χ1) is 16.4. The van der Waals surface area contributed by atoms with Crippen LogP contribution in [0.1, 0.15) is 34.1 Å². The van der Waals surface area contributed by atoms with Crippen LogP contribution in [0, 0.1) is 0 Å². The number of hydrogen-bond acceptors (Lipinski definition) is 5. The van der Waals surface area contributed by atoms with E-state index in [0.717, 1.165) is 5.75 Å². The number of anilines is 3. The van der Waals surface area contributed by atoms with E-state index in [2.05, 4.69) is 10.6 Å². The van der Waals surface area contributed by atoms with E-state index in [9.17, 15) is 18.0 Å². The fourth-order valence-electron chi connectivity index (χ4n) is 3.64. The molecular weight excluding hydrogens is 454 g/mol. The highest BCUT2D eigenvalue weighted by molar-refractivity contribution is 7.93. The molecular formula is C25H25N3O5S. The van der Waals surface area contributed by atoms with Crippen LogP contribution < -0.4 is 19.7 Å². The summed E-state index contributed by atoms with van der Waals surface area (Å²) in [5.74, 6) is 0.196. The summed E-state index contributed by atoms with van der Waals surface area (Å²) in [5, 5.41) is 5.60. The summed E-state index contributed by atoms with van der Waals surface area (Å²) in [4.78, 5) is 25.2. The molecule has 0 aromatic heterocycles. The van der Waals surface area contributed by atoms with Gasteiger partial charge in [0.15, 0.2) is 0 Å². The maximum atomic E-state index is 12.7. The van der Waals surface area contributed by atoms with E-state index in [4.69, 9.17) is 4.74 Å². The van der Waals surface area contributed by atoms with E-state index in [0.29, 0.717) is 47.8 Å². The molecule has 0 unspecified atom stereocenters. The third-order valence-electron chi connectivity index (χ3n) is 5.32. The van der Waals surface area contributed by atoms with Crippen LogP contribution in [0.2, 0.25) is 0 Å². The molecule has 2 N–H and O–H groups in total. The average Bonchev–Trinajstić information content (AvgIpc) is 3.20. The van der Waals surface area contributed by atoms with E-state index in [1.54, 1.807) is 72.8 Å². The minimum Gasteiger partial charge on any atom is -0.494 e. The molecule has 0 radical (unpaired) electrons. The molecule has 0 bridgehead atoms. The summed E-state index contributed by atoms with van der Waals surface area (Å²) >= 11 is 0. The monoisotopic (exact) mass is 479 g/mol. The molecule has 1 saturated heterocycles. The number of rotatable bonds is 7. The molecule has 3 aromatic carbocycles. The van der Waals surface area contributed by atoms with Crippen LogP contribution in [0.4, 0.5) is 17.1 Å². The second-order valence-electron chi connectivity index (χ2n) is 7.74. The first-order valence-corrected chi connectivity index (χ1v) is 12.5. The van der Waals surface area contributed by atoms with Crippen LogP contribution in [0.5, 0.6) is 5.75 Å². The Morgan fingerprint density at radius 1 is 0.882 bits per heavy atom. The van der Waals surface area contributed by atoms with Crippen molar-refractivity contribution in [3.63, 3.8) is 0 Å². The van der Waals surface area contributed by atoms with Gasteiger partial charge in [-0.1, -0.05) is 6.07 Å². The number of carbonyl (C=O) groups is 2. The van der Waals surface area contributed by atoms with Crippen LogP contribution in [0.15, 0.2) is 72.8 Å². The van der Waals surface area contributed by atoms with E-state index in [-0.39, 0.29) is 17.6 Å². The quantitative estimate of drug-likeness (QED) is 0.530. The molecule has 4 rings (SSSR count). The lowest BCUT2D eigenvalue weighted by Gasteiger charge is -2.17. The van der Waals surface area contributed by atoms with Gasteiger partial charge in [0.05, 0.1) is 18.0 Å². The van der Waals surface area contributed by atoms with Gasteiger partial charge in [0, 0.05) is 29.0 Å². The van der Waals surface area contributed by atoms with Gasteiger partial charge in [-0.05, 0) is 80.1 Å². The summed E-state index contributed by atoms with van der Waals surface area (Å²) < 4.78 is 31.1. The minimum atomic E-state index is -3.32. The minimum absolute atomic E-state index is 0.113. The number of hydrogen-bond donors (Lipinski definition) is 2. The summed E-state index contributed by atoms with van der Waals surface area (Å²) in [5.41, 5.74) is 2.42. The van der Waals surface area contributed by atoms with Gasteiger partial charge in [-0.25, -0.2) is 8.42 Å². The van der Waals surface area contributed by atoms with Crippen LogP contribution in [0.25, 0.3) is 0 Å². The summed E-state index contributed by atoms with van der Waals surface area (Å²) in [6, 6.07) is 20.1. The lowest BCUT2D eigenvalue weighted by molar-refractivity contribution is 0.102. The van der Waals surface area contributed by atoms with Gasteiger partial charge in [0.2, 0.25) is 10.0 Å². The van der Waals surface area contributed by atoms with Crippen LogP contribution in [-0.2, 0) is 10.0 Å². The Bertz CT molecular complexity index is 1290. The number of carbonyl (C=O) groups excluding carboxylic acids is 2.